The van der Waals surface area contributed by atoms with E-state index in [0.29, 0.717) is 30.8 Å². The second kappa shape index (κ2) is 11.2. The van der Waals surface area contributed by atoms with E-state index in [4.69, 9.17) is 4.74 Å². The van der Waals surface area contributed by atoms with Crippen molar-refractivity contribution in [2.24, 2.45) is 5.92 Å². The monoisotopic (exact) mass is 453 g/mol. The number of hydrogen-bond acceptors (Lipinski definition) is 8. The maximum absolute atomic E-state index is 13.4. The Morgan fingerprint density at radius 2 is 2.03 bits per heavy atom. The maximum Gasteiger partial charge on any atom is 0.259 e. The molecule has 0 saturated carbocycles. The van der Waals surface area contributed by atoms with E-state index in [9.17, 15) is 15.0 Å². The zero-order valence-electron chi connectivity index (χ0n) is 19.5. The highest BCUT2D eigenvalue weighted by molar-refractivity contribution is 5.97. The van der Waals surface area contributed by atoms with Crippen molar-refractivity contribution in [3.63, 3.8) is 0 Å². The number of nitrogens with zero attached hydrogens (tertiary/aromatic N) is 5. The first-order chi connectivity index (χ1) is 15.8. The van der Waals surface area contributed by atoms with E-state index in [-0.39, 0.29) is 36.5 Å². The minimum Gasteiger partial charge on any atom is -0.472 e. The number of aliphatic hydroxyl groups excluding tert-OH is 2. The van der Waals surface area contributed by atoms with Gasteiger partial charge in [0.25, 0.3) is 5.91 Å². The Kier molecular flexibility index (Phi) is 8.33. The maximum atomic E-state index is 13.4. The third kappa shape index (κ3) is 6.48. The fraction of sp³-hybridized carbons (Fsp3) is 0.500. The highest BCUT2D eigenvalue weighted by Crippen LogP contribution is 2.27. The SMILES string of the molecule is C[C@H](O)C#Cc1cnc2c(c1)C(=O)N([C@H](C)CO)C[C@H](C)[C@@H](CN(C)Cc1cncnc1)O2. The van der Waals surface area contributed by atoms with Crippen LogP contribution in [0.4, 0.5) is 0 Å². The van der Waals surface area contributed by atoms with Crippen LogP contribution in [0, 0.1) is 17.8 Å². The van der Waals surface area contributed by atoms with Crippen LogP contribution in [0.1, 0.15) is 42.3 Å². The standard InChI is InChI=1S/C24H31N5O4/c1-16-11-29(17(2)14-30)24(32)21-7-19(6-5-18(3)31)10-27-23(21)33-22(16)13-28(4)12-20-8-25-15-26-9-20/h7-10,15-18,22,30-31H,11-14H2,1-4H3/t16-,17+,18-,22+/m0/s1. The number of carbonyl (C=O) groups excluding carboxylic acids is 1. The number of aliphatic hydroxyl groups is 2. The molecule has 2 aromatic rings. The summed E-state index contributed by atoms with van der Waals surface area (Å²) in [4.78, 5) is 29.7. The van der Waals surface area contributed by atoms with Crippen molar-refractivity contribution in [3.05, 3.63) is 47.7 Å². The molecule has 0 fully saturated rings. The van der Waals surface area contributed by atoms with Gasteiger partial charge in [0.05, 0.1) is 12.6 Å². The van der Waals surface area contributed by atoms with Gasteiger partial charge in [0, 0.05) is 55.3 Å². The average molecular weight is 454 g/mol. The van der Waals surface area contributed by atoms with E-state index >= 15 is 0 Å². The molecule has 1 aliphatic heterocycles. The Hall–Kier alpha value is -3.06. The smallest absolute Gasteiger partial charge is 0.259 e. The molecule has 0 aromatic carbocycles. The van der Waals surface area contributed by atoms with Gasteiger partial charge in [-0.25, -0.2) is 15.0 Å². The first-order valence-electron chi connectivity index (χ1n) is 11.0. The van der Waals surface area contributed by atoms with Gasteiger partial charge in [-0.3, -0.25) is 9.69 Å². The summed E-state index contributed by atoms with van der Waals surface area (Å²) in [6.07, 6.45) is 5.56. The van der Waals surface area contributed by atoms with E-state index in [1.807, 2.05) is 20.9 Å². The molecule has 0 spiro atoms. The summed E-state index contributed by atoms with van der Waals surface area (Å²) >= 11 is 0. The summed E-state index contributed by atoms with van der Waals surface area (Å²) in [5.41, 5.74) is 1.79. The Balaban J connectivity index is 1.91. The number of fused-ring (bicyclic) bond motifs is 1. The Morgan fingerprint density at radius 1 is 1.30 bits per heavy atom. The predicted octanol–water partition coefficient (Wildman–Crippen LogP) is 0.956. The summed E-state index contributed by atoms with van der Waals surface area (Å²) in [5, 5.41) is 19.2. The van der Waals surface area contributed by atoms with E-state index in [0.717, 1.165) is 5.56 Å². The molecular weight excluding hydrogens is 422 g/mol. The lowest BCUT2D eigenvalue weighted by molar-refractivity contribution is 0.0325. The number of rotatable bonds is 6. The molecule has 9 nitrogen and oxygen atoms in total. The van der Waals surface area contributed by atoms with Gasteiger partial charge in [-0.2, -0.15) is 0 Å². The van der Waals surface area contributed by atoms with Crippen molar-refractivity contribution >= 4 is 5.91 Å². The highest BCUT2D eigenvalue weighted by Gasteiger charge is 2.34. The zero-order valence-corrected chi connectivity index (χ0v) is 19.5. The first-order valence-corrected chi connectivity index (χ1v) is 11.0. The van der Waals surface area contributed by atoms with Gasteiger partial charge in [0.1, 0.15) is 24.1 Å². The van der Waals surface area contributed by atoms with Crippen molar-refractivity contribution in [2.45, 2.75) is 45.6 Å². The van der Waals surface area contributed by atoms with Crippen molar-refractivity contribution in [1.29, 1.82) is 0 Å². The van der Waals surface area contributed by atoms with Gasteiger partial charge in [-0.05, 0) is 27.0 Å². The molecular formula is C24H31N5O4. The van der Waals surface area contributed by atoms with Crippen LogP contribution in [0.5, 0.6) is 5.88 Å². The molecule has 3 heterocycles. The van der Waals surface area contributed by atoms with Gasteiger partial charge in [-0.1, -0.05) is 18.8 Å². The third-order valence-electron chi connectivity index (χ3n) is 5.50. The number of aromatic nitrogens is 3. The second-order valence-electron chi connectivity index (χ2n) is 8.59. The molecule has 0 aliphatic carbocycles. The van der Waals surface area contributed by atoms with Crippen LogP contribution in [0.3, 0.4) is 0 Å². The van der Waals surface area contributed by atoms with E-state index in [1.165, 1.54) is 12.5 Å². The van der Waals surface area contributed by atoms with Crippen LogP contribution in [-0.2, 0) is 6.54 Å². The minimum atomic E-state index is -0.791. The normalized spacial score (nSPS) is 20.1. The summed E-state index contributed by atoms with van der Waals surface area (Å²) in [7, 11) is 1.99. The molecule has 0 bridgehead atoms. The van der Waals surface area contributed by atoms with Crippen molar-refractivity contribution in [2.75, 3.05) is 26.7 Å². The number of amides is 1. The molecule has 3 rings (SSSR count). The molecule has 2 aromatic heterocycles. The fourth-order valence-corrected chi connectivity index (χ4v) is 3.67. The van der Waals surface area contributed by atoms with Crippen molar-refractivity contribution < 1.29 is 19.7 Å². The van der Waals surface area contributed by atoms with E-state index in [1.54, 1.807) is 30.3 Å². The number of ether oxygens (including phenoxy) is 1. The lowest BCUT2D eigenvalue weighted by atomic mass is 9.99. The van der Waals surface area contributed by atoms with E-state index in [2.05, 4.69) is 31.7 Å². The number of hydrogen-bond donors (Lipinski definition) is 2. The number of likely N-dealkylation sites (N-methyl/N-ethyl adjacent to an activating group) is 1. The predicted molar refractivity (Wildman–Crippen MR) is 122 cm³/mol. The van der Waals surface area contributed by atoms with Gasteiger partial charge >= 0.3 is 0 Å². The first kappa shape index (κ1) is 24.6. The van der Waals surface area contributed by atoms with Gasteiger partial charge < -0.3 is 19.8 Å². The molecule has 2 N–H and O–H groups in total. The van der Waals surface area contributed by atoms with Gasteiger partial charge in [0.2, 0.25) is 5.88 Å². The van der Waals surface area contributed by atoms with Crippen molar-refractivity contribution in [1.82, 2.24) is 24.8 Å². The van der Waals surface area contributed by atoms with Gasteiger partial charge in [-0.15, -0.1) is 0 Å². The summed E-state index contributed by atoms with van der Waals surface area (Å²) in [5.74, 6) is 5.46. The minimum absolute atomic E-state index is 0.0120. The summed E-state index contributed by atoms with van der Waals surface area (Å²) in [6.45, 7) is 6.93. The Labute approximate surface area is 194 Å². The number of pyridine rings is 1. The molecule has 1 aliphatic rings. The molecule has 176 valence electrons. The van der Waals surface area contributed by atoms with Crippen LogP contribution in [-0.4, -0.2) is 85.9 Å². The topological polar surface area (TPSA) is 112 Å². The molecule has 33 heavy (non-hydrogen) atoms. The van der Waals surface area contributed by atoms with Crippen LogP contribution in [0.15, 0.2) is 31.0 Å². The molecule has 1 amide bonds. The molecule has 9 heteroatoms. The molecule has 4 atom stereocenters. The van der Waals surface area contributed by atoms with Crippen molar-refractivity contribution in [3.8, 4) is 17.7 Å². The summed E-state index contributed by atoms with van der Waals surface area (Å²) < 4.78 is 6.28. The third-order valence-corrected chi connectivity index (χ3v) is 5.50. The molecule has 0 radical (unpaired) electrons. The average Bonchev–Trinajstić information content (AvgIpc) is 2.80. The quantitative estimate of drug-likeness (QED) is 0.622. The van der Waals surface area contributed by atoms with Crippen LogP contribution in [0.2, 0.25) is 0 Å². The lowest BCUT2D eigenvalue weighted by Crippen LogP contribution is -2.49. The highest BCUT2D eigenvalue weighted by atomic mass is 16.5. The molecule has 0 saturated heterocycles. The largest absolute Gasteiger partial charge is 0.472 e. The van der Waals surface area contributed by atoms with Crippen LogP contribution >= 0.6 is 0 Å². The number of carbonyl (C=O) groups is 1. The lowest BCUT2D eigenvalue weighted by Gasteiger charge is -2.37. The van der Waals surface area contributed by atoms with E-state index < -0.39 is 6.10 Å². The van der Waals surface area contributed by atoms with Crippen LogP contribution < -0.4 is 4.74 Å². The second-order valence-corrected chi connectivity index (χ2v) is 8.59. The Bertz CT molecular complexity index is 1000. The van der Waals surface area contributed by atoms with Gasteiger partial charge in [0.15, 0.2) is 0 Å². The fourth-order valence-electron chi connectivity index (χ4n) is 3.67. The molecule has 0 unspecified atom stereocenters. The summed E-state index contributed by atoms with van der Waals surface area (Å²) in [6, 6.07) is 1.27. The zero-order chi connectivity index (χ0) is 24.0. The Morgan fingerprint density at radius 3 is 2.70 bits per heavy atom. The van der Waals surface area contributed by atoms with Crippen LogP contribution in [0.25, 0.3) is 0 Å².